The topological polar surface area (TPSA) is 41.6 Å². The molecule has 0 unspecified atom stereocenters. The lowest BCUT2D eigenvalue weighted by atomic mass is 10.1. The molecule has 1 aromatic heterocycles. The van der Waals surface area contributed by atoms with Crippen molar-refractivity contribution in [3.8, 4) is 0 Å². The minimum Gasteiger partial charge on any atom is -0.265 e. The van der Waals surface area contributed by atoms with Gasteiger partial charge in [0.1, 0.15) is 0 Å². The van der Waals surface area contributed by atoms with E-state index < -0.39 is 0 Å². The van der Waals surface area contributed by atoms with E-state index in [1.54, 1.807) is 6.20 Å². The second-order valence-corrected chi connectivity index (χ2v) is 2.53. The summed E-state index contributed by atoms with van der Waals surface area (Å²) >= 11 is 0. The van der Waals surface area contributed by atoms with Crippen molar-refractivity contribution >= 4 is 0 Å². The van der Waals surface area contributed by atoms with Crippen LogP contribution in [0.4, 0.5) is 0 Å². The van der Waals surface area contributed by atoms with Crippen LogP contribution in [0.5, 0.6) is 0 Å². The molecule has 2 aromatic rings. The number of H-pyrrole nitrogens is 1. The van der Waals surface area contributed by atoms with Gasteiger partial charge in [-0.3, -0.25) is 5.10 Å². The Labute approximate surface area is 70.4 Å². The van der Waals surface area contributed by atoms with Crippen molar-refractivity contribution in [1.29, 1.82) is 0 Å². The molecule has 1 heterocycles. The lowest BCUT2D eigenvalue weighted by molar-refractivity contribution is 0.915. The Morgan fingerprint density at radius 3 is 3.08 bits per heavy atom. The highest BCUT2D eigenvalue weighted by Gasteiger charge is 1.96. The maximum absolute atomic E-state index is 3.89. The summed E-state index contributed by atoms with van der Waals surface area (Å²) in [6, 6.07) is 11.0. The van der Waals surface area contributed by atoms with Crippen LogP contribution in [0, 0.1) is 6.07 Å². The van der Waals surface area contributed by atoms with Crippen molar-refractivity contribution in [2.24, 2.45) is 0 Å². The van der Waals surface area contributed by atoms with Crippen LogP contribution in [-0.2, 0) is 6.42 Å². The molecule has 0 spiro atoms. The number of benzene rings is 1. The lowest BCUT2D eigenvalue weighted by Crippen LogP contribution is -1.87. The predicted octanol–water partition coefficient (Wildman–Crippen LogP) is 1.20. The molecule has 0 amide bonds. The molecule has 0 saturated heterocycles. The first kappa shape index (κ1) is 7.03. The zero-order chi connectivity index (χ0) is 8.23. The summed E-state index contributed by atoms with van der Waals surface area (Å²) in [5.41, 5.74) is 2.07. The monoisotopic (exact) mass is 158 g/mol. The molecule has 2 rings (SSSR count). The van der Waals surface area contributed by atoms with E-state index >= 15 is 0 Å². The van der Waals surface area contributed by atoms with Gasteiger partial charge >= 0.3 is 0 Å². The van der Waals surface area contributed by atoms with E-state index in [2.05, 4.69) is 21.5 Å². The van der Waals surface area contributed by atoms with Gasteiger partial charge in [0.2, 0.25) is 0 Å². The van der Waals surface area contributed by atoms with Gasteiger partial charge in [-0.2, -0.15) is 0 Å². The average Bonchev–Trinajstić information content (AvgIpc) is 2.59. The van der Waals surface area contributed by atoms with Crippen LogP contribution in [0.3, 0.4) is 0 Å². The minimum atomic E-state index is 0.789. The van der Waals surface area contributed by atoms with Crippen LogP contribution in [-0.4, -0.2) is 15.4 Å². The standard InChI is InChI=1S/C9H8N3/c1-2-4-8(5-3-1)6-9-7-10-12-11-9/h1-4,7H,6H2,(H,10,11,12). The minimum absolute atomic E-state index is 0.789. The molecule has 59 valence electrons. The number of nitrogens with one attached hydrogen (secondary N) is 1. The molecule has 0 bridgehead atoms. The highest BCUT2D eigenvalue weighted by Crippen LogP contribution is 2.03. The van der Waals surface area contributed by atoms with Crippen LogP contribution in [0.2, 0.25) is 0 Å². The van der Waals surface area contributed by atoms with Gasteiger partial charge in [-0.15, -0.1) is 5.10 Å². The highest BCUT2D eigenvalue weighted by molar-refractivity contribution is 5.18. The normalized spacial score (nSPS) is 10.0. The largest absolute Gasteiger partial charge is 0.265 e. The van der Waals surface area contributed by atoms with Gasteiger partial charge in [0.05, 0.1) is 5.69 Å². The Bertz CT molecular complexity index is 326. The van der Waals surface area contributed by atoms with Crippen molar-refractivity contribution in [3.05, 3.63) is 47.8 Å². The van der Waals surface area contributed by atoms with Gasteiger partial charge in [-0.25, -0.2) is 0 Å². The number of aromatic amines is 1. The van der Waals surface area contributed by atoms with E-state index in [1.165, 1.54) is 0 Å². The third kappa shape index (κ3) is 1.50. The van der Waals surface area contributed by atoms with Gasteiger partial charge in [0.25, 0.3) is 0 Å². The predicted molar refractivity (Wildman–Crippen MR) is 44.5 cm³/mol. The molecule has 1 radical (unpaired) electrons. The van der Waals surface area contributed by atoms with Crippen molar-refractivity contribution in [2.45, 2.75) is 6.42 Å². The van der Waals surface area contributed by atoms with E-state index in [-0.39, 0.29) is 0 Å². The molecule has 0 aliphatic heterocycles. The molecule has 0 atom stereocenters. The van der Waals surface area contributed by atoms with Gasteiger partial charge in [0.15, 0.2) is 0 Å². The average molecular weight is 158 g/mol. The quantitative estimate of drug-likeness (QED) is 0.713. The summed E-state index contributed by atoms with van der Waals surface area (Å²) in [7, 11) is 0. The Hall–Kier alpha value is -1.64. The van der Waals surface area contributed by atoms with E-state index in [9.17, 15) is 0 Å². The Morgan fingerprint density at radius 2 is 2.42 bits per heavy atom. The molecule has 3 nitrogen and oxygen atoms in total. The van der Waals surface area contributed by atoms with Gasteiger partial charge < -0.3 is 0 Å². The maximum atomic E-state index is 3.89. The van der Waals surface area contributed by atoms with Crippen LogP contribution in [0.1, 0.15) is 11.3 Å². The van der Waals surface area contributed by atoms with Gasteiger partial charge in [-0.1, -0.05) is 29.5 Å². The van der Waals surface area contributed by atoms with E-state index in [4.69, 9.17) is 0 Å². The first-order valence-electron chi connectivity index (χ1n) is 3.76. The Kier molecular flexibility index (Phi) is 1.86. The SMILES string of the molecule is [c]1ccccc1Cc1c[nH]nn1. The third-order valence-electron chi connectivity index (χ3n) is 1.61. The molecule has 0 fully saturated rings. The summed E-state index contributed by atoms with van der Waals surface area (Å²) < 4.78 is 0. The van der Waals surface area contributed by atoms with Crippen molar-refractivity contribution in [1.82, 2.24) is 15.4 Å². The summed E-state index contributed by atoms with van der Waals surface area (Å²) in [5, 5.41) is 10.2. The van der Waals surface area contributed by atoms with E-state index in [0.29, 0.717) is 0 Å². The Balaban J connectivity index is 2.15. The molecular formula is C9H8N3. The second kappa shape index (κ2) is 3.17. The fourth-order valence-electron chi connectivity index (χ4n) is 1.05. The van der Waals surface area contributed by atoms with Crippen molar-refractivity contribution < 1.29 is 0 Å². The number of rotatable bonds is 2. The van der Waals surface area contributed by atoms with Crippen LogP contribution in [0.15, 0.2) is 30.5 Å². The molecule has 0 aliphatic rings. The first-order valence-corrected chi connectivity index (χ1v) is 3.76. The molecule has 0 saturated carbocycles. The van der Waals surface area contributed by atoms with Crippen molar-refractivity contribution in [2.75, 3.05) is 0 Å². The molecule has 1 aromatic carbocycles. The smallest absolute Gasteiger partial charge is 0.0868 e. The van der Waals surface area contributed by atoms with Crippen LogP contribution < -0.4 is 0 Å². The molecule has 12 heavy (non-hydrogen) atoms. The number of aromatic nitrogens is 3. The Morgan fingerprint density at radius 1 is 1.42 bits per heavy atom. The first-order chi connectivity index (χ1) is 5.95. The molecule has 0 aliphatic carbocycles. The maximum Gasteiger partial charge on any atom is 0.0868 e. The van der Waals surface area contributed by atoms with E-state index in [1.807, 2.05) is 24.3 Å². The molecular weight excluding hydrogens is 150 g/mol. The number of nitrogens with zero attached hydrogens (tertiary/aromatic N) is 2. The third-order valence-corrected chi connectivity index (χ3v) is 1.61. The number of hydrogen-bond donors (Lipinski definition) is 1. The van der Waals surface area contributed by atoms with Crippen LogP contribution >= 0.6 is 0 Å². The fourth-order valence-corrected chi connectivity index (χ4v) is 1.05. The van der Waals surface area contributed by atoms with Gasteiger partial charge in [0, 0.05) is 12.6 Å². The summed E-state index contributed by atoms with van der Waals surface area (Å²) in [6.07, 6.45) is 2.58. The fraction of sp³-hybridized carbons (Fsp3) is 0.111. The van der Waals surface area contributed by atoms with Gasteiger partial charge in [-0.05, 0) is 11.6 Å². The van der Waals surface area contributed by atoms with Crippen LogP contribution in [0.25, 0.3) is 0 Å². The summed E-state index contributed by atoms with van der Waals surface area (Å²) in [6.45, 7) is 0. The lowest BCUT2D eigenvalue weighted by Gasteiger charge is -1.93. The number of hydrogen-bond acceptors (Lipinski definition) is 2. The molecule has 3 heteroatoms. The zero-order valence-corrected chi connectivity index (χ0v) is 6.49. The second-order valence-electron chi connectivity index (χ2n) is 2.53. The highest BCUT2D eigenvalue weighted by atomic mass is 15.3. The summed E-state index contributed by atoms with van der Waals surface area (Å²) in [5.74, 6) is 0. The molecule has 1 N–H and O–H groups in total. The summed E-state index contributed by atoms with van der Waals surface area (Å²) in [4.78, 5) is 0. The zero-order valence-electron chi connectivity index (χ0n) is 6.49. The van der Waals surface area contributed by atoms with Crippen molar-refractivity contribution in [3.63, 3.8) is 0 Å². The van der Waals surface area contributed by atoms with E-state index in [0.717, 1.165) is 17.7 Å².